The van der Waals surface area contributed by atoms with Gasteiger partial charge in [0.1, 0.15) is 11.3 Å². The second-order valence-corrected chi connectivity index (χ2v) is 6.57. The smallest absolute Gasteiger partial charge is 0.129 e. The molecule has 90 valence electrons. The molecule has 0 saturated carbocycles. The SMILES string of the molecule is CC1(C)NC1(c1ccc(Cl)cc1)C12NC1(C)N2. The average molecular weight is 250 g/mol. The highest BCUT2D eigenvalue weighted by Gasteiger charge is 2.95. The molecule has 3 aliphatic rings. The molecule has 1 atom stereocenters. The van der Waals surface area contributed by atoms with Crippen molar-refractivity contribution in [2.24, 2.45) is 0 Å². The Morgan fingerprint density at radius 2 is 1.41 bits per heavy atom. The van der Waals surface area contributed by atoms with E-state index in [2.05, 4.69) is 48.9 Å². The van der Waals surface area contributed by atoms with Crippen LogP contribution in [0.3, 0.4) is 0 Å². The van der Waals surface area contributed by atoms with Crippen LogP contribution in [-0.4, -0.2) is 16.9 Å². The van der Waals surface area contributed by atoms with Crippen LogP contribution in [0.2, 0.25) is 5.02 Å². The van der Waals surface area contributed by atoms with Gasteiger partial charge in [-0.15, -0.1) is 0 Å². The Labute approximate surface area is 106 Å². The summed E-state index contributed by atoms with van der Waals surface area (Å²) in [4.78, 5) is 0. The molecule has 4 rings (SSSR count). The summed E-state index contributed by atoms with van der Waals surface area (Å²) >= 11 is 5.97. The molecule has 1 aromatic carbocycles. The maximum atomic E-state index is 5.97. The van der Waals surface area contributed by atoms with Crippen molar-refractivity contribution in [2.45, 2.75) is 43.2 Å². The Bertz CT molecular complexity index is 516. The number of fused-ring (bicyclic) bond motifs is 1. The van der Waals surface area contributed by atoms with Gasteiger partial charge in [-0.25, -0.2) is 0 Å². The molecule has 17 heavy (non-hydrogen) atoms. The molecular weight excluding hydrogens is 234 g/mol. The second-order valence-electron chi connectivity index (χ2n) is 6.13. The highest BCUT2D eigenvalue weighted by molar-refractivity contribution is 6.30. The molecule has 0 amide bonds. The third-order valence-electron chi connectivity index (χ3n) is 4.71. The van der Waals surface area contributed by atoms with Crippen LogP contribution in [0.5, 0.6) is 0 Å². The first-order valence-corrected chi connectivity index (χ1v) is 6.39. The minimum Gasteiger partial charge on any atom is -0.296 e. The van der Waals surface area contributed by atoms with E-state index in [-0.39, 0.29) is 22.4 Å². The molecule has 3 aliphatic heterocycles. The van der Waals surface area contributed by atoms with Crippen LogP contribution in [-0.2, 0) is 5.54 Å². The zero-order valence-corrected chi connectivity index (χ0v) is 10.9. The highest BCUT2D eigenvalue weighted by atomic mass is 35.5. The van der Waals surface area contributed by atoms with Gasteiger partial charge in [0.2, 0.25) is 0 Å². The molecule has 4 heteroatoms. The summed E-state index contributed by atoms with van der Waals surface area (Å²) in [6.45, 7) is 6.70. The molecule has 3 fully saturated rings. The van der Waals surface area contributed by atoms with E-state index in [1.165, 1.54) is 5.56 Å². The lowest BCUT2D eigenvalue weighted by atomic mass is 9.83. The van der Waals surface area contributed by atoms with E-state index >= 15 is 0 Å². The van der Waals surface area contributed by atoms with E-state index in [9.17, 15) is 0 Å². The zero-order valence-electron chi connectivity index (χ0n) is 10.2. The number of hydrogen-bond acceptors (Lipinski definition) is 3. The van der Waals surface area contributed by atoms with Crippen molar-refractivity contribution >= 4 is 11.6 Å². The molecule has 3 saturated heterocycles. The largest absolute Gasteiger partial charge is 0.296 e. The van der Waals surface area contributed by atoms with Crippen molar-refractivity contribution in [2.75, 3.05) is 0 Å². The lowest BCUT2D eigenvalue weighted by molar-refractivity contribution is 0.447. The first-order chi connectivity index (χ1) is 7.87. The first kappa shape index (κ1) is 10.3. The first-order valence-electron chi connectivity index (χ1n) is 6.01. The van der Waals surface area contributed by atoms with Gasteiger partial charge in [0.05, 0.1) is 5.54 Å². The Kier molecular flexibility index (Phi) is 1.46. The van der Waals surface area contributed by atoms with Gasteiger partial charge < -0.3 is 0 Å². The van der Waals surface area contributed by atoms with Crippen molar-refractivity contribution < 1.29 is 0 Å². The molecule has 0 aliphatic carbocycles. The summed E-state index contributed by atoms with van der Waals surface area (Å²) in [5.74, 6) is 0. The van der Waals surface area contributed by atoms with Gasteiger partial charge in [-0.2, -0.15) is 0 Å². The van der Waals surface area contributed by atoms with Crippen molar-refractivity contribution in [1.29, 1.82) is 0 Å². The van der Waals surface area contributed by atoms with Crippen molar-refractivity contribution in [1.82, 2.24) is 16.0 Å². The monoisotopic (exact) mass is 249 g/mol. The predicted octanol–water partition coefficient (Wildman–Crippen LogP) is 1.54. The van der Waals surface area contributed by atoms with E-state index in [1.54, 1.807) is 0 Å². The number of halogens is 1. The molecule has 0 spiro atoms. The minimum absolute atomic E-state index is 0.0145. The molecule has 1 aromatic rings. The number of hydrogen-bond donors (Lipinski definition) is 3. The third-order valence-corrected chi connectivity index (χ3v) is 4.97. The molecule has 1 unspecified atom stereocenters. The summed E-state index contributed by atoms with van der Waals surface area (Å²) < 4.78 is 0. The van der Waals surface area contributed by atoms with E-state index in [4.69, 9.17) is 11.6 Å². The highest BCUT2D eigenvalue weighted by Crippen LogP contribution is 2.69. The standard InChI is InChI=1S/C13H16ClN3/c1-10(2)12(15-10,13-11(3,16-13)17-13)8-4-6-9(14)7-5-8/h4-7,15-17H,1-3H3. The molecule has 3 nitrogen and oxygen atoms in total. The van der Waals surface area contributed by atoms with Gasteiger partial charge in [0.15, 0.2) is 0 Å². The lowest BCUT2D eigenvalue weighted by Gasteiger charge is -2.20. The van der Waals surface area contributed by atoms with Gasteiger partial charge in [0.25, 0.3) is 0 Å². The Hall–Kier alpha value is -0.610. The molecule has 0 radical (unpaired) electrons. The summed E-state index contributed by atoms with van der Waals surface area (Å²) in [5.41, 5.74) is 1.55. The maximum absolute atomic E-state index is 5.97. The van der Waals surface area contributed by atoms with Crippen LogP contribution in [0.4, 0.5) is 0 Å². The van der Waals surface area contributed by atoms with E-state index in [0.29, 0.717) is 0 Å². The van der Waals surface area contributed by atoms with Crippen molar-refractivity contribution in [3.8, 4) is 0 Å². The summed E-state index contributed by atoms with van der Waals surface area (Å²) in [6.07, 6.45) is 0. The van der Waals surface area contributed by atoms with E-state index < -0.39 is 0 Å². The van der Waals surface area contributed by atoms with E-state index in [1.807, 2.05) is 12.1 Å². The van der Waals surface area contributed by atoms with Crippen LogP contribution in [0, 0.1) is 0 Å². The molecule has 0 bridgehead atoms. The predicted molar refractivity (Wildman–Crippen MR) is 67.8 cm³/mol. The number of nitrogens with one attached hydrogen (secondary N) is 3. The topological polar surface area (TPSA) is 65.8 Å². The van der Waals surface area contributed by atoms with Crippen LogP contribution >= 0.6 is 11.6 Å². The van der Waals surface area contributed by atoms with E-state index in [0.717, 1.165) is 5.02 Å². The van der Waals surface area contributed by atoms with Gasteiger partial charge in [-0.05, 0) is 38.5 Å². The Morgan fingerprint density at radius 3 is 1.76 bits per heavy atom. The van der Waals surface area contributed by atoms with Crippen LogP contribution < -0.4 is 16.0 Å². The molecule has 3 heterocycles. The van der Waals surface area contributed by atoms with Crippen LogP contribution in [0.1, 0.15) is 26.3 Å². The quantitative estimate of drug-likeness (QED) is 0.697. The van der Waals surface area contributed by atoms with Crippen molar-refractivity contribution in [3.05, 3.63) is 34.9 Å². The Balaban J connectivity index is 1.82. The summed E-state index contributed by atoms with van der Waals surface area (Å²) in [6, 6.07) is 8.18. The lowest BCUT2D eigenvalue weighted by Crippen LogP contribution is -2.41. The molecule has 0 aromatic heterocycles. The van der Waals surface area contributed by atoms with Gasteiger partial charge in [0, 0.05) is 10.6 Å². The van der Waals surface area contributed by atoms with Crippen molar-refractivity contribution in [3.63, 3.8) is 0 Å². The fourth-order valence-electron chi connectivity index (χ4n) is 3.60. The fraction of sp³-hybridized carbons (Fsp3) is 0.538. The number of benzene rings is 1. The van der Waals surface area contributed by atoms with Gasteiger partial charge >= 0.3 is 0 Å². The fourth-order valence-corrected chi connectivity index (χ4v) is 3.73. The van der Waals surface area contributed by atoms with Crippen LogP contribution in [0.25, 0.3) is 0 Å². The molecular formula is C13H16ClN3. The van der Waals surface area contributed by atoms with Gasteiger partial charge in [-0.1, -0.05) is 23.7 Å². The zero-order chi connectivity index (χ0) is 12.1. The second kappa shape index (κ2) is 2.41. The maximum Gasteiger partial charge on any atom is 0.129 e. The summed E-state index contributed by atoms with van der Waals surface area (Å²) in [7, 11) is 0. The minimum atomic E-state index is -0.0145. The molecule has 3 N–H and O–H groups in total. The van der Waals surface area contributed by atoms with Gasteiger partial charge in [-0.3, -0.25) is 16.0 Å². The summed E-state index contributed by atoms with van der Waals surface area (Å²) in [5, 5.41) is 11.5. The van der Waals surface area contributed by atoms with Crippen LogP contribution in [0.15, 0.2) is 24.3 Å². The third kappa shape index (κ3) is 0.933. The number of rotatable bonds is 2. The normalized spacial score (nSPS) is 48.5. The average Bonchev–Trinajstić information content (AvgIpc) is 3.09. The Morgan fingerprint density at radius 1 is 0.941 bits per heavy atom.